The van der Waals surface area contributed by atoms with Crippen molar-refractivity contribution in [2.24, 2.45) is 0 Å². The zero-order chi connectivity index (χ0) is 14.5. The van der Waals surface area contributed by atoms with E-state index in [-0.39, 0.29) is 0 Å². The lowest BCUT2D eigenvalue weighted by Crippen LogP contribution is -2.23. The summed E-state index contributed by atoms with van der Waals surface area (Å²) in [5.74, 6) is 0. The van der Waals surface area contributed by atoms with Crippen LogP contribution in [0.2, 0.25) is 0 Å². The van der Waals surface area contributed by atoms with Gasteiger partial charge in [-0.05, 0) is 72.7 Å². The van der Waals surface area contributed by atoms with Crippen LogP contribution in [0.4, 0.5) is 0 Å². The third-order valence-electron chi connectivity index (χ3n) is 3.44. The third kappa shape index (κ3) is 4.32. The number of aryl methyl sites for hydroxylation is 2. The molecule has 1 atom stereocenters. The van der Waals surface area contributed by atoms with Crippen molar-refractivity contribution in [1.82, 2.24) is 5.32 Å². The first kappa shape index (κ1) is 15.5. The topological polar surface area (TPSA) is 12.0 Å². The summed E-state index contributed by atoms with van der Waals surface area (Å²) in [6.07, 6.45) is 1.04. The third-order valence-corrected chi connectivity index (χ3v) is 4.16. The van der Waals surface area contributed by atoms with E-state index in [0.717, 1.165) is 13.0 Å². The summed E-state index contributed by atoms with van der Waals surface area (Å²) in [6, 6.07) is 16.0. The number of nitrogens with one attached hydrogen (secondary N) is 1. The smallest absolute Gasteiger partial charge is 0.0360 e. The zero-order valence-electron chi connectivity index (χ0n) is 12.4. The van der Waals surface area contributed by atoms with Crippen molar-refractivity contribution < 1.29 is 0 Å². The largest absolute Gasteiger partial charge is 0.310 e. The molecule has 0 saturated carbocycles. The fourth-order valence-electron chi connectivity index (χ4n) is 2.67. The van der Waals surface area contributed by atoms with Gasteiger partial charge in [-0.3, -0.25) is 0 Å². The quantitative estimate of drug-likeness (QED) is 0.736. The summed E-state index contributed by atoms with van der Waals surface area (Å²) in [4.78, 5) is 0. The van der Waals surface area contributed by atoms with Gasteiger partial charge in [0.15, 0.2) is 0 Å². The average molecular weight is 379 g/mol. The highest BCUT2D eigenvalue weighted by Crippen LogP contribution is 2.21. The van der Waals surface area contributed by atoms with E-state index in [4.69, 9.17) is 0 Å². The first-order valence-electron chi connectivity index (χ1n) is 7.14. The van der Waals surface area contributed by atoms with Gasteiger partial charge in [-0.1, -0.05) is 48.4 Å². The predicted octanol–water partition coefficient (Wildman–Crippen LogP) is 4.80. The van der Waals surface area contributed by atoms with E-state index in [1.165, 1.54) is 25.8 Å². The molecule has 2 rings (SSSR count). The van der Waals surface area contributed by atoms with Crippen molar-refractivity contribution in [3.63, 3.8) is 0 Å². The van der Waals surface area contributed by atoms with Gasteiger partial charge in [-0.15, -0.1) is 0 Å². The molecule has 0 amide bonds. The summed E-state index contributed by atoms with van der Waals surface area (Å²) < 4.78 is 1.29. The molecule has 0 aliphatic carbocycles. The van der Waals surface area contributed by atoms with Crippen LogP contribution in [0.1, 0.15) is 35.2 Å². The molecule has 0 bridgehead atoms. The standard InChI is InChI=1S/C18H22IN/c1-4-20-18(16-5-7-17(19)8-6-16)12-15-10-13(2)9-14(3)11-15/h5-11,18,20H,4,12H2,1-3H3. The van der Waals surface area contributed by atoms with Gasteiger partial charge in [0.2, 0.25) is 0 Å². The summed E-state index contributed by atoms with van der Waals surface area (Å²) in [7, 11) is 0. The van der Waals surface area contributed by atoms with Crippen LogP contribution in [0.5, 0.6) is 0 Å². The molecule has 1 N–H and O–H groups in total. The molecule has 106 valence electrons. The van der Waals surface area contributed by atoms with Crippen LogP contribution in [0.3, 0.4) is 0 Å². The minimum atomic E-state index is 0.387. The van der Waals surface area contributed by atoms with Gasteiger partial charge in [0.25, 0.3) is 0 Å². The lowest BCUT2D eigenvalue weighted by Gasteiger charge is -2.19. The minimum absolute atomic E-state index is 0.387. The van der Waals surface area contributed by atoms with Gasteiger partial charge in [0.1, 0.15) is 0 Å². The van der Waals surface area contributed by atoms with E-state index in [1.54, 1.807) is 0 Å². The fourth-order valence-corrected chi connectivity index (χ4v) is 3.03. The van der Waals surface area contributed by atoms with Gasteiger partial charge in [-0.2, -0.15) is 0 Å². The monoisotopic (exact) mass is 379 g/mol. The van der Waals surface area contributed by atoms with Crippen LogP contribution in [0.25, 0.3) is 0 Å². The number of hydrogen-bond acceptors (Lipinski definition) is 1. The normalized spacial score (nSPS) is 12.4. The van der Waals surface area contributed by atoms with Gasteiger partial charge in [-0.25, -0.2) is 0 Å². The molecule has 1 unspecified atom stereocenters. The Morgan fingerprint density at radius 1 is 1.00 bits per heavy atom. The second-order valence-corrected chi connectivity index (χ2v) is 6.61. The molecule has 2 aromatic carbocycles. The maximum absolute atomic E-state index is 3.60. The molecular formula is C18H22IN. The molecule has 0 aromatic heterocycles. The van der Waals surface area contributed by atoms with E-state index < -0.39 is 0 Å². The highest BCUT2D eigenvalue weighted by atomic mass is 127. The van der Waals surface area contributed by atoms with Crippen molar-refractivity contribution in [2.45, 2.75) is 33.2 Å². The molecule has 0 radical (unpaired) electrons. The second-order valence-electron chi connectivity index (χ2n) is 5.36. The molecule has 0 heterocycles. The van der Waals surface area contributed by atoms with Crippen LogP contribution < -0.4 is 5.32 Å². The summed E-state index contributed by atoms with van der Waals surface area (Å²) >= 11 is 2.35. The SMILES string of the molecule is CCNC(Cc1cc(C)cc(C)c1)c1ccc(I)cc1. The molecule has 2 heteroatoms. The van der Waals surface area contributed by atoms with Gasteiger partial charge < -0.3 is 5.32 Å². The van der Waals surface area contributed by atoms with E-state index in [2.05, 4.69) is 91.1 Å². The Hall–Kier alpha value is -0.870. The molecule has 1 nitrogen and oxygen atoms in total. The predicted molar refractivity (Wildman–Crippen MR) is 95.2 cm³/mol. The van der Waals surface area contributed by atoms with Gasteiger partial charge >= 0.3 is 0 Å². The molecular weight excluding hydrogens is 357 g/mol. The molecule has 0 aliphatic heterocycles. The molecule has 2 aromatic rings. The first-order valence-corrected chi connectivity index (χ1v) is 8.22. The Bertz CT molecular complexity index is 540. The van der Waals surface area contributed by atoms with E-state index in [9.17, 15) is 0 Å². The van der Waals surface area contributed by atoms with E-state index >= 15 is 0 Å². The lowest BCUT2D eigenvalue weighted by molar-refractivity contribution is 0.549. The maximum Gasteiger partial charge on any atom is 0.0360 e. The Kier molecular flexibility index (Phi) is 5.61. The Balaban J connectivity index is 2.22. The van der Waals surface area contributed by atoms with Crippen molar-refractivity contribution in [3.05, 3.63) is 68.3 Å². The van der Waals surface area contributed by atoms with Crippen molar-refractivity contribution in [2.75, 3.05) is 6.54 Å². The van der Waals surface area contributed by atoms with Crippen molar-refractivity contribution >= 4 is 22.6 Å². The fraction of sp³-hybridized carbons (Fsp3) is 0.333. The van der Waals surface area contributed by atoms with Gasteiger partial charge in [0, 0.05) is 9.61 Å². The minimum Gasteiger partial charge on any atom is -0.310 e. The Morgan fingerprint density at radius 2 is 1.60 bits per heavy atom. The Morgan fingerprint density at radius 3 is 2.15 bits per heavy atom. The number of hydrogen-bond donors (Lipinski definition) is 1. The van der Waals surface area contributed by atoms with Crippen molar-refractivity contribution in [1.29, 1.82) is 0 Å². The highest BCUT2D eigenvalue weighted by molar-refractivity contribution is 14.1. The first-order chi connectivity index (χ1) is 9.58. The van der Waals surface area contributed by atoms with Crippen LogP contribution in [-0.4, -0.2) is 6.54 Å². The lowest BCUT2D eigenvalue weighted by atomic mass is 9.96. The average Bonchev–Trinajstić information content (AvgIpc) is 2.38. The van der Waals surface area contributed by atoms with E-state index in [1.807, 2.05) is 0 Å². The van der Waals surface area contributed by atoms with Crippen LogP contribution in [-0.2, 0) is 6.42 Å². The molecule has 0 spiro atoms. The maximum atomic E-state index is 3.60. The van der Waals surface area contributed by atoms with E-state index in [0.29, 0.717) is 6.04 Å². The van der Waals surface area contributed by atoms with Crippen LogP contribution in [0.15, 0.2) is 42.5 Å². The molecule has 0 fully saturated rings. The molecule has 0 saturated heterocycles. The summed E-state index contributed by atoms with van der Waals surface area (Å²) in [5, 5.41) is 3.60. The summed E-state index contributed by atoms with van der Waals surface area (Å²) in [5.41, 5.74) is 5.47. The zero-order valence-corrected chi connectivity index (χ0v) is 14.6. The number of benzene rings is 2. The molecule has 0 aliphatic rings. The van der Waals surface area contributed by atoms with Gasteiger partial charge in [0.05, 0.1) is 0 Å². The van der Waals surface area contributed by atoms with Crippen molar-refractivity contribution in [3.8, 4) is 0 Å². The number of halogens is 1. The Labute approximate surface area is 135 Å². The molecule has 20 heavy (non-hydrogen) atoms. The highest BCUT2D eigenvalue weighted by Gasteiger charge is 2.11. The number of likely N-dealkylation sites (N-methyl/N-ethyl adjacent to an activating group) is 1. The number of rotatable bonds is 5. The van der Waals surface area contributed by atoms with Crippen LogP contribution in [0, 0.1) is 17.4 Å². The second kappa shape index (κ2) is 7.23. The van der Waals surface area contributed by atoms with Crippen LogP contribution >= 0.6 is 22.6 Å². The summed E-state index contributed by atoms with van der Waals surface area (Å²) in [6.45, 7) is 7.50.